The van der Waals surface area contributed by atoms with Crippen LogP contribution in [0.3, 0.4) is 0 Å². The molecule has 1 heterocycles. The highest BCUT2D eigenvalue weighted by Crippen LogP contribution is 2.23. The molecule has 136 valence electrons. The Labute approximate surface area is 157 Å². The highest BCUT2D eigenvalue weighted by molar-refractivity contribution is 6.33. The maximum absolute atomic E-state index is 13.2. The zero-order valence-corrected chi connectivity index (χ0v) is 15.4. The number of unbranched alkanes of at least 4 members (excludes halogenated alkanes) is 2. The van der Waals surface area contributed by atoms with E-state index in [1.165, 1.54) is 18.2 Å². The lowest BCUT2D eigenvalue weighted by atomic mass is 10.2. The zero-order valence-electron chi connectivity index (χ0n) is 14.6. The van der Waals surface area contributed by atoms with E-state index < -0.39 is 5.82 Å². The maximum atomic E-state index is 13.2. The molecule has 26 heavy (non-hydrogen) atoms. The van der Waals surface area contributed by atoms with Crippen molar-refractivity contribution in [2.24, 2.45) is 0 Å². The molecule has 0 saturated carbocycles. The average Bonchev–Trinajstić information content (AvgIpc) is 2.95. The minimum Gasteiger partial charge on any atom is -0.323 e. The first-order valence-electron chi connectivity index (χ1n) is 8.77. The van der Waals surface area contributed by atoms with Crippen molar-refractivity contribution in [3.05, 3.63) is 59.1 Å². The number of rotatable bonds is 7. The van der Waals surface area contributed by atoms with Gasteiger partial charge in [-0.25, -0.2) is 9.37 Å². The number of benzene rings is 2. The van der Waals surface area contributed by atoms with Gasteiger partial charge in [0.05, 0.1) is 21.7 Å². The van der Waals surface area contributed by atoms with Crippen LogP contribution in [0.15, 0.2) is 42.5 Å². The van der Waals surface area contributed by atoms with E-state index >= 15 is 0 Å². The Morgan fingerprint density at radius 1 is 1.23 bits per heavy atom. The molecule has 0 saturated heterocycles. The zero-order chi connectivity index (χ0) is 18.5. The number of aryl methyl sites for hydroxylation is 1. The van der Waals surface area contributed by atoms with Crippen molar-refractivity contribution in [2.45, 2.75) is 39.2 Å². The van der Waals surface area contributed by atoms with Crippen LogP contribution in [0.25, 0.3) is 11.0 Å². The lowest BCUT2D eigenvalue weighted by Gasteiger charge is -2.11. The van der Waals surface area contributed by atoms with Gasteiger partial charge in [0.15, 0.2) is 0 Å². The molecule has 0 aliphatic carbocycles. The fourth-order valence-corrected chi connectivity index (χ4v) is 3.16. The molecule has 1 amide bonds. The van der Waals surface area contributed by atoms with Gasteiger partial charge < -0.3 is 9.88 Å². The van der Waals surface area contributed by atoms with E-state index in [0.717, 1.165) is 42.5 Å². The Morgan fingerprint density at radius 2 is 2.04 bits per heavy atom. The van der Waals surface area contributed by atoms with E-state index in [0.29, 0.717) is 5.69 Å². The molecule has 6 heteroatoms. The molecule has 3 aromatic rings. The number of carbonyl (C=O) groups excluding carboxylic acids is 1. The number of carbonyl (C=O) groups is 1. The van der Waals surface area contributed by atoms with Crippen LogP contribution in [-0.2, 0) is 17.8 Å². The minimum absolute atomic E-state index is 0.135. The number of para-hydroxylation sites is 2. The Kier molecular flexibility index (Phi) is 5.89. The van der Waals surface area contributed by atoms with Gasteiger partial charge >= 0.3 is 0 Å². The fraction of sp³-hybridized carbons (Fsp3) is 0.300. The van der Waals surface area contributed by atoms with Crippen LogP contribution in [0.2, 0.25) is 5.02 Å². The van der Waals surface area contributed by atoms with Crippen molar-refractivity contribution >= 4 is 34.2 Å². The summed E-state index contributed by atoms with van der Waals surface area (Å²) in [5.74, 6) is 0.241. The first-order chi connectivity index (χ1) is 12.6. The molecule has 4 nitrogen and oxygen atoms in total. The van der Waals surface area contributed by atoms with Gasteiger partial charge in [-0.2, -0.15) is 0 Å². The number of nitrogens with one attached hydrogen (secondary N) is 1. The van der Waals surface area contributed by atoms with Gasteiger partial charge in [-0.15, -0.1) is 0 Å². The molecular formula is C20H21ClFN3O. The predicted octanol–water partition coefficient (Wildman–Crippen LogP) is 5.20. The number of hydrogen-bond acceptors (Lipinski definition) is 2. The van der Waals surface area contributed by atoms with Crippen LogP contribution in [0.4, 0.5) is 10.1 Å². The van der Waals surface area contributed by atoms with Gasteiger partial charge in [0.2, 0.25) is 5.91 Å². The first-order valence-corrected chi connectivity index (χ1v) is 9.15. The van der Waals surface area contributed by atoms with Crippen molar-refractivity contribution in [1.29, 1.82) is 0 Å². The lowest BCUT2D eigenvalue weighted by molar-refractivity contribution is -0.116. The summed E-state index contributed by atoms with van der Waals surface area (Å²) in [5.41, 5.74) is 2.21. The Balaban J connectivity index is 1.82. The molecule has 0 bridgehead atoms. The number of amides is 1. The average molecular weight is 374 g/mol. The van der Waals surface area contributed by atoms with E-state index in [2.05, 4.69) is 17.2 Å². The topological polar surface area (TPSA) is 46.9 Å². The standard InChI is InChI=1S/C20H21ClFN3O/c1-2-3-4-9-19-23-17-7-5-6-8-18(17)25(19)13-20(26)24-16-11-10-14(22)12-15(16)21/h5-8,10-12H,2-4,9,13H2,1H3,(H,24,26). The molecular weight excluding hydrogens is 353 g/mol. The van der Waals surface area contributed by atoms with Crippen LogP contribution in [0, 0.1) is 5.82 Å². The SMILES string of the molecule is CCCCCc1nc2ccccc2n1CC(=O)Nc1ccc(F)cc1Cl. The summed E-state index contributed by atoms with van der Waals surface area (Å²) < 4.78 is 15.1. The Morgan fingerprint density at radius 3 is 2.81 bits per heavy atom. The summed E-state index contributed by atoms with van der Waals surface area (Å²) in [7, 11) is 0. The third-order valence-electron chi connectivity index (χ3n) is 4.24. The summed E-state index contributed by atoms with van der Waals surface area (Å²) in [4.78, 5) is 17.2. The second kappa shape index (κ2) is 8.32. The second-order valence-corrected chi connectivity index (χ2v) is 6.64. The molecule has 1 aromatic heterocycles. The molecule has 0 atom stereocenters. The lowest BCUT2D eigenvalue weighted by Crippen LogP contribution is -2.20. The number of halogens is 2. The molecule has 0 fully saturated rings. The molecule has 1 N–H and O–H groups in total. The molecule has 2 aromatic carbocycles. The molecule has 0 aliphatic rings. The number of hydrogen-bond donors (Lipinski definition) is 1. The number of nitrogens with zero attached hydrogens (tertiary/aromatic N) is 2. The highest BCUT2D eigenvalue weighted by atomic mass is 35.5. The van der Waals surface area contributed by atoms with Crippen LogP contribution >= 0.6 is 11.6 Å². The van der Waals surface area contributed by atoms with E-state index in [4.69, 9.17) is 11.6 Å². The van der Waals surface area contributed by atoms with Crippen molar-refractivity contribution in [3.63, 3.8) is 0 Å². The Bertz CT molecular complexity index is 923. The van der Waals surface area contributed by atoms with Crippen LogP contribution in [0.1, 0.15) is 32.0 Å². The monoisotopic (exact) mass is 373 g/mol. The summed E-state index contributed by atoms with van der Waals surface area (Å²) in [6.07, 6.45) is 4.11. The van der Waals surface area contributed by atoms with Gasteiger partial charge in [0.1, 0.15) is 18.2 Å². The van der Waals surface area contributed by atoms with Gasteiger partial charge in [-0.1, -0.05) is 43.5 Å². The number of anilines is 1. The third-order valence-corrected chi connectivity index (χ3v) is 4.56. The van der Waals surface area contributed by atoms with Crippen molar-refractivity contribution in [3.8, 4) is 0 Å². The quantitative estimate of drug-likeness (QED) is 0.578. The summed E-state index contributed by atoms with van der Waals surface area (Å²) in [6.45, 7) is 2.29. The number of imidazole rings is 1. The second-order valence-electron chi connectivity index (χ2n) is 6.23. The van der Waals surface area contributed by atoms with Crippen molar-refractivity contribution in [2.75, 3.05) is 5.32 Å². The summed E-state index contributed by atoms with van der Waals surface area (Å²) in [5, 5.41) is 2.93. The minimum atomic E-state index is -0.438. The van der Waals surface area contributed by atoms with Crippen LogP contribution in [0.5, 0.6) is 0 Å². The molecule has 0 radical (unpaired) electrons. The molecule has 0 spiro atoms. The van der Waals surface area contributed by atoms with Crippen LogP contribution < -0.4 is 5.32 Å². The highest BCUT2D eigenvalue weighted by Gasteiger charge is 2.14. The fourth-order valence-electron chi connectivity index (χ4n) is 2.95. The van der Waals surface area contributed by atoms with Gasteiger partial charge in [-0.05, 0) is 36.8 Å². The Hall–Kier alpha value is -2.40. The van der Waals surface area contributed by atoms with E-state index in [9.17, 15) is 9.18 Å². The maximum Gasteiger partial charge on any atom is 0.244 e. The van der Waals surface area contributed by atoms with Crippen molar-refractivity contribution < 1.29 is 9.18 Å². The summed E-state index contributed by atoms with van der Waals surface area (Å²) >= 11 is 5.99. The molecule has 0 aliphatic heterocycles. The molecule has 0 unspecified atom stereocenters. The predicted molar refractivity (Wildman–Crippen MR) is 103 cm³/mol. The van der Waals surface area contributed by atoms with Gasteiger partial charge in [0.25, 0.3) is 0 Å². The van der Waals surface area contributed by atoms with Crippen LogP contribution in [-0.4, -0.2) is 15.5 Å². The van der Waals surface area contributed by atoms with E-state index in [1.54, 1.807) is 0 Å². The van der Waals surface area contributed by atoms with Crippen molar-refractivity contribution in [1.82, 2.24) is 9.55 Å². The normalized spacial score (nSPS) is 11.0. The third kappa shape index (κ3) is 4.22. The summed E-state index contributed by atoms with van der Waals surface area (Å²) in [6, 6.07) is 11.7. The van der Waals surface area contributed by atoms with E-state index in [-0.39, 0.29) is 17.5 Å². The number of aromatic nitrogens is 2. The van der Waals surface area contributed by atoms with Gasteiger partial charge in [0, 0.05) is 6.42 Å². The largest absolute Gasteiger partial charge is 0.323 e. The van der Waals surface area contributed by atoms with Gasteiger partial charge in [-0.3, -0.25) is 4.79 Å². The smallest absolute Gasteiger partial charge is 0.244 e. The molecule has 3 rings (SSSR count). The number of fused-ring (bicyclic) bond motifs is 1. The van der Waals surface area contributed by atoms with E-state index in [1.807, 2.05) is 28.8 Å². The first kappa shape index (κ1) is 18.4.